The molecule has 84 valence electrons. The Bertz CT molecular complexity index is 220. The van der Waals surface area contributed by atoms with Gasteiger partial charge in [0.15, 0.2) is 9.84 Å². The zero-order valence-corrected chi connectivity index (χ0v) is 10.6. The van der Waals surface area contributed by atoms with Crippen molar-refractivity contribution < 1.29 is 13.2 Å². The summed E-state index contributed by atoms with van der Waals surface area (Å²) in [4.78, 5) is 0. The van der Waals surface area contributed by atoms with Gasteiger partial charge in [-0.15, -0.1) is 0 Å². The predicted molar refractivity (Wildman–Crippen MR) is 64.1 cm³/mol. The monoisotopic (exact) mass is 256 g/mol. The van der Waals surface area contributed by atoms with Crippen LogP contribution in [0.2, 0.25) is 0 Å². The molecule has 3 nitrogen and oxygen atoms in total. The smallest absolute Gasteiger partial charge is 0.151 e. The SMILES string of the molecule is O=S1(=O)CCSCCOCCSCC1. The van der Waals surface area contributed by atoms with Crippen LogP contribution >= 0.6 is 23.5 Å². The minimum Gasteiger partial charge on any atom is -0.380 e. The van der Waals surface area contributed by atoms with E-state index in [0.29, 0.717) is 23.0 Å². The van der Waals surface area contributed by atoms with Crippen LogP contribution in [0.1, 0.15) is 0 Å². The van der Waals surface area contributed by atoms with Crippen LogP contribution in [0.25, 0.3) is 0 Å². The number of ether oxygens (including phenoxy) is 1. The maximum atomic E-state index is 11.4. The van der Waals surface area contributed by atoms with Crippen LogP contribution in [0.4, 0.5) is 0 Å². The highest BCUT2D eigenvalue weighted by atomic mass is 32.2. The topological polar surface area (TPSA) is 43.4 Å². The molecule has 0 aromatic carbocycles. The Hall–Kier alpha value is 0.610. The van der Waals surface area contributed by atoms with E-state index in [9.17, 15) is 8.42 Å². The molecular formula is C8H16O3S3. The molecule has 0 saturated carbocycles. The molecule has 6 heteroatoms. The summed E-state index contributed by atoms with van der Waals surface area (Å²) in [5.74, 6) is 3.85. The first-order chi connectivity index (χ1) is 6.71. The maximum Gasteiger partial charge on any atom is 0.151 e. The van der Waals surface area contributed by atoms with Crippen LogP contribution < -0.4 is 0 Å². The van der Waals surface area contributed by atoms with Crippen LogP contribution in [0.5, 0.6) is 0 Å². The summed E-state index contributed by atoms with van der Waals surface area (Å²) in [7, 11) is -2.79. The third kappa shape index (κ3) is 6.16. The van der Waals surface area contributed by atoms with Crippen molar-refractivity contribution in [3.63, 3.8) is 0 Å². The van der Waals surface area contributed by atoms with Gasteiger partial charge < -0.3 is 4.74 Å². The Labute approximate surface area is 94.3 Å². The van der Waals surface area contributed by atoms with E-state index < -0.39 is 9.84 Å². The molecule has 0 atom stereocenters. The first-order valence-corrected chi connectivity index (χ1v) is 8.77. The zero-order chi connectivity index (χ0) is 10.3. The van der Waals surface area contributed by atoms with Crippen LogP contribution in [0.15, 0.2) is 0 Å². The minimum absolute atomic E-state index is 0.318. The molecule has 0 N–H and O–H groups in total. The summed E-state index contributed by atoms with van der Waals surface area (Å²) in [6, 6.07) is 0. The van der Waals surface area contributed by atoms with Gasteiger partial charge in [0.05, 0.1) is 24.7 Å². The average Bonchev–Trinajstić information content (AvgIpc) is 2.11. The van der Waals surface area contributed by atoms with E-state index in [4.69, 9.17) is 4.74 Å². The fraction of sp³-hybridized carbons (Fsp3) is 1.00. The van der Waals surface area contributed by atoms with Gasteiger partial charge in [-0.05, 0) is 0 Å². The Morgan fingerprint density at radius 1 is 0.857 bits per heavy atom. The maximum absolute atomic E-state index is 11.4. The van der Waals surface area contributed by atoms with Crippen LogP contribution in [-0.2, 0) is 14.6 Å². The summed E-state index contributed by atoms with van der Waals surface area (Å²) in [5, 5.41) is 0. The summed E-state index contributed by atoms with van der Waals surface area (Å²) >= 11 is 3.32. The molecule has 0 bridgehead atoms. The number of thioether (sulfide) groups is 2. The Kier molecular flexibility index (Phi) is 6.32. The van der Waals surface area contributed by atoms with Gasteiger partial charge in [-0.3, -0.25) is 0 Å². The third-order valence-electron chi connectivity index (χ3n) is 1.82. The highest BCUT2D eigenvalue weighted by Gasteiger charge is 2.10. The predicted octanol–water partition coefficient (Wildman–Crippen LogP) is 0.898. The lowest BCUT2D eigenvalue weighted by Crippen LogP contribution is -2.16. The van der Waals surface area contributed by atoms with Crippen molar-refractivity contribution in [3.8, 4) is 0 Å². The molecule has 0 aromatic heterocycles. The van der Waals surface area contributed by atoms with E-state index in [-0.39, 0.29) is 0 Å². The molecular weight excluding hydrogens is 240 g/mol. The molecule has 0 spiro atoms. The molecule has 1 aliphatic heterocycles. The van der Waals surface area contributed by atoms with Gasteiger partial charge in [0, 0.05) is 23.0 Å². The lowest BCUT2D eigenvalue weighted by molar-refractivity contribution is 0.167. The molecule has 1 aliphatic rings. The van der Waals surface area contributed by atoms with E-state index in [1.54, 1.807) is 23.5 Å². The van der Waals surface area contributed by atoms with Crippen molar-refractivity contribution in [1.29, 1.82) is 0 Å². The first kappa shape index (κ1) is 12.7. The van der Waals surface area contributed by atoms with Crippen LogP contribution in [0, 0.1) is 0 Å². The Balaban J connectivity index is 2.32. The van der Waals surface area contributed by atoms with Crippen molar-refractivity contribution in [1.82, 2.24) is 0 Å². The van der Waals surface area contributed by atoms with E-state index in [1.807, 2.05) is 0 Å². The van der Waals surface area contributed by atoms with Gasteiger partial charge in [0.2, 0.25) is 0 Å². The molecule has 1 fully saturated rings. The number of hydrogen-bond donors (Lipinski definition) is 0. The van der Waals surface area contributed by atoms with E-state index in [0.717, 1.165) is 24.7 Å². The second-order valence-electron chi connectivity index (χ2n) is 2.99. The third-order valence-corrected chi connectivity index (χ3v) is 5.89. The molecule has 0 unspecified atom stereocenters. The number of rotatable bonds is 0. The molecule has 0 amide bonds. The number of hydrogen-bond acceptors (Lipinski definition) is 5. The van der Waals surface area contributed by atoms with Gasteiger partial charge >= 0.3 is 0 Å². The quantitative estimate of drug-likeness (QED) is 0.644. The summed E-state index contributed by atoms with van der Waals surface area (Å²) < 4.78 is 28.2. The van der Waals surface area contributed by atoms with Gasteiger partial charge in [-0.2, -0.15) is 23.5 Å². The van der Waals surface area contributed by atoms with Crippen molar-refractivity contribution in [2.45, 2.75) is 0 Å². The lowest BCUT2D eigenvalue weighted by atomic mass is 10.8. The molecule has 0 aliphatic carbocycles. The number of sulfone groups is 1. The van der Waals surface area contributed by atoms with Gasteiger partial charge in [0.25, 0.3) is 0 Å². The normalized spacial score (nSPS) is 26.0. The molecule has 1 saturated heterocycles. The van der Waals surface area contributed by atoms with Gasteiger partial charge in [-0.25, -0.2) is 8.42 Å². The summed E-state index contributed by atoms with van der Waals surface area (Å²) in [6.07, 6.45) is 0. The van der Waals surface area contributed by atoms with Crippen molar-refractivity contribution in [2.24, 2.45) is 0 Å². The van der Waals surface area contributed by atoms with E-state index in [2.05, 4.69) is 0 Å². The molecule has 0 radical (unpaired) electrons. The second-order valence-corrected chi connectivity index (χ2v) is 7.74. The van der Waals surface area contributed by atoms with Gasteiger partial charge in [-0.1, -0.05) is 0 Å². The van der Waals surface area contributed by atoms with E-state index in [1.165, 1.54) is 0 Å². The Morgan fingerprint density at radius 2 is 1.36 bits per heavy atom. The minimum atomic E-state index is -2.79. The standard InChI is InChI=1S/C8H16O3S3/c9-14(10)7-5-12-3-1-11-2-4-13-6-8-14/h1-8H2. The zero-order valence-electron chi connectivity index (χ0n) is 8.11. The lowest BCUT2D eigenvalue weighted by Gasteiger charge is -2.08. The van der Waals surface area contributed by atoms with Crippen molar-refractivity contribution in [3.05, 3.63) is 0 Å². The van der Waals surface area contributed by atoms with E-state index >= 15 is 0 Å². The first-order valence-electron chi connectivity index (χ1n) is 4.64. The fourth-order valence-corrected chi connectivity index (χ4v) is 5.07. The van der Waals surface area contributed by atoms with Crippen molar-refractivity contribution >= 4 is 33.4 Å². The Morgan fingerprint density at radius 3 is 1.86 bits per heavy atom. The van der Waals surface area contributed by atoms with Gasteiger partial charge in [0.1, 0.15) is 0 Å². The van der Waals surface area contributed by atoms with Crippen LogP contribution in [0.3, 0.4) is 0 Å². The molecule has 1 heterocycles. The summed E-state index contributed by atoms with van der Waals surface area (Å²) in [5.41, 5.74) is 0. The summed E-state index contributed by atoms with van der Waals surface area (Å²) in [6.45, 7) is 1.48. The van der Waals surface area contributed by atoms with Crippen molar-refractivity contribution in [2.75, 3.05) is 47.7 Å². The highest BCUT2D eigenvalue weighted by molar-refractivity contribution is 8.02. The largest absolute Gasteiger partial charge is 0.380 e. The molecule has 1 rings (SSSR count). The average molecular weight is 256 g/mol. The fourth-order valence-electron chi connectivity index (χ4n) is 1.02. The molecule has 14 heavy (non-hydrogen) atoms. The second kappa shape index (κ2) is 6.98. The molecule has 0 aromatic rings. The van der Waals surface area contributed by atoms with Crippen LogP contribution in [-0.4, -0.2) is 56.1 Å². The highest BCUT2D eigenvalue weighted by Crippen LogP contribution is 2.07.